The summed E-state index contributed by atoms with van der Waals surface area (Å²) < 4.78 is 0. The molecule has 136 valence electrons. The Balaban J connectivity index is -0.000000205. The third-order valence-corrected chi connectivity index (χ3v) is 3.38. The lowest BCUT2D eigenvalue weighted by molar-refractivity contribution is 0.269. The van der Waals surface area contributed by atoms with E-state index in [0.717, 1.165) is 6.42 Å². The van der Waals surface area contributed by atoms with Crippen LogP contribution >= 0.6 is 0 Å². The van der Waals surface area contributed by atoms with E-state index in [-0.39, 0.29) is 21.9 Å². The predicted molar refractivity (Wildman–Crippen MR) is 96.1 cm³/mol. The van der Waals surface area contributed by atoms with Crippen molar-refractivity contribution >= 4 is 0 Å². The first kappa shape index (κ1) is 29.4. The second-order valence-electron chi connectivity index (χ2n) is 6.10. The summed E-state index contributed by atoms with van der Waals surface area (Å²) in [6.07, 6.45) is 9.76. The smallest absolute Gasteiger partial charge is 0.0921 e. The van der Waals surface area contributed by atoms with Gasteiger partial charge in [0, 0.05) is 11.9 Å². The van der Waals surface area contributed by atoms with Crippen LogP contribution in [0.1, 0.15) is 53.2 Å². The van der Waals surface area contributed by atoms with E-state index in [1.54, 1.807) is 6.33 Å². The maximum absolute atomic E-state index is 4.07. The van der Waals surface area contributed by atoms with Gasteiger partial charge >= 0.3 is 0 Å². The van der Waals surface area contributed by atoms with Crippen LogP contribution in [-0.2, 0) is 6.42 Å². The molecule has 2 rings (SSSR count). The molecule has 0 amide bonds. The Bertz CT molecular complexity index is 465. The van der Waals surface area contributed by atoms with E-state index < -0.39 is 0 Å². The summed E-state index contributed by atoms with van der Waals surface area (Å²) in [6.45, 7) is 10.6. The van der Waals surface area contributed by atoms with Crippen molar-refractivity contribution < 1.29 is 21.9 Å². The molecule has 1 aromatic heterocycles. The lowest BCUT2D eigenvalue weighted by Crippen LogP contribution is -2.22. The standard InChI is InChI=1S/C13H20N2.C4H6.4H2O/c1-10-4-11(7-13(2,3)6-10)5-12-8-14-9-15-12;1-3-4-2;;;;/h4,8-9,11H,5-7H2,1-3H3,(H,14,15);1-2H3;4*1H2. The molecule has 0 radical (unpaired) electrons. The molecule has 6 nitrogen and oxygen atoms in total. The Hall–Kier alpha value is -1.65. The Labute approximate surface area is 139 Å². The molecule has 1 aliphatic rings. The first-order valence-electron chi connectivity index (χ1n) is 6.95. The SMILES string of the molecule is CC#CC.CC1=CC(Cc2cnc[nH]2)CC(C)(C)C1.O.O.O.O. The lowest BCUT2D eigenvalue weighted by atomic mass is 9.72. The number of aromatic amines is 1. The predicted octanol–water partition coefficient (Wildman–Crippen LogP) is 1.07. The van der Waals surface area contributed by atoms with E-state index in [2.05, 4.69) is 48.7 Å². The average molecular weight is 330 g/mol. The molecule has 9 N–H and O–H groups in total. The summed E-state index contributed by atoms with van der Waals surface area (Å²) in [5.41, 5.74) is 3.25. The van der Waals surface area contributed by atoms with Gasteiger partial charge in [0.05, 0.1) is 6.33 Å². The van der Waals surface area contributed by atoms with E-state index >= 15 is 0 Å². The molecule has 1 aromatic rings. The minimum Gasteiger partial charge on any atom is -0.412 e. The van der Waals surface area contributed by atoms with Gasteiger partial charge in [-0.2, -0.15) is 0 Å². The van der Waals surface area contributed by atoms with Crippen molar-refractivity contribution in [1.82, 2.24) is 9.97 Å². The van der Waals surface area contributed by atoms with Crippen LogP contribution in [0.4, 0.5) is 0 Å². The molecular formula is C17H34N2O4. The molecule has 0 aliphatic heterocycles. The highest BCUT2D eigenvalue weighted by Crippen LogP contribution is 2.38. The zero-order valence-corrected chi connectivity index (χ0v) is 14.9. The van der Waals surface area contributed by atoms with Gasteiger partial charge in [-0.15, -0.1) is 11.8 Å². The van der Waals surface area contributed by atoms with E-state index in [9.17, 15) is 0 Å². The highest BCUT2D eigenvalue weighted by atomic mass is 16.0. The Kier molecular flexibility index (Phi) is 17.8. The second-order valence-corrected chi connectivity index (χ2v) is 6.10. The van der Waals surface area contributed by atoms with Crippen LogP contribution < -0.4 is 0 Å². The van der Waals surface area contributed by atoms with E-state index in [1.807, 2.05) is 20.0 Å². The van der Waals surface area contributed by atoms with Gasteiger partial charge in [0.15, 0.2) is 0 Å². The fraction of sp³-hybridized carbons (Fsp3) is 0.588. The average Bonchev–Trinajstić information content (AvgIpc) is 2.79. The maximum atomic E-state index is 4.07. The molecule has 1 unspecified atom stereocenters. The fourth-order valence-electron chi connectivity index (χ4n) is 2.87. The third kappa shape index (κ3) is 11.6. The maximum Gasteiger partial charge on any atom is 0.0921 e. The molecule has 1 heterocycles. The molecule has 1 aliphatic carbocycles. The summed E-state index contributed by atoms with van der Waals surface area (Å²) in [6, 6.07) is 0. The summed E-state index contributed by atoms with van der Waals surface area (Å²) >= 11 is 0. The van der Waals surface area contributed by atoms with Crippen LogP contribution in [0.3, 0.4) is 0 Å². The molecule has 1 atom stereocenters. The molecule has 6 heteroatoms. The first-order chi connectivity index (χ1) is 8.96. The number of rotatable bonds is 2. The largest absolute Gasteiger partial charge is 0.412 e. The van der Waals surface area contributed by atoms with Gasteiger partial charge in [0.25, 0.3) is 0 Å². The van der Waals surface area contributed by atoms with Crippen molar-refractivity contribution in [3.8, 4) is 11.8 Å². The molecule has 0 bridgehead atoms. The van der Waals surface area contributed by atoms with Gasteiger partial charge in [0.1, 0.15) is 0 Å². The molecular weight excluding hydrogens is 296 g/mol. The zero-order chi connectivity index (χ0) is 14.3. The molecule has 0 saturated heterocycles. The number of hydrogen-bond donors (Lipinski definition) is 1. The minimum atomic E-state index is 0. The number of aromatic nitrogens is 2. The van der Waals surface area contributed by atoms with Gasteiger partial charge in [-0.25, -0.2) is 4.98 Å². The normalized spacial score (nSPS) is 16.9. The fourth-order valence-corrected chi connectivity index (χ4v) is 2.87. The van der Waals surface area contributed by atoms with Crippen molar-refractivity contribution in [3.05, 3.63) is 29.9 Å². The van der Waals surface area contributed by atoms with E-state index in [0.29, 0.717) is 11.3 Å². The first-order valence-corrected chi connectivity index (χ1v) is 6.95. The van der Waals surface area contributed by atoms with Crippen molar-refractivity contribution in [2.24, 2.45) is 11.3 Å². The summed E-state index contributed by atoms with van der Waals surface area (Å²) in [4.78, 5) is 7.25. The second kappa shape index (κ2) is 14.0. The van der Waals surface area contributed by atoms with E-state index in [1.165, 1.54) is 24.1 Å². The van der Waals surface area contributed by atoms with Crippen LogP contribution in [0.5, 0.6) is 0 Å². The zero-order valence-electron chi connectivity index (χ0n) is 14.9. The van der Waals surface area contributed by atoms with Crippen molar-refractivity contribution in [3.63, 3.8) is 0 Å². The lowest BCUT2D eigenvalue weighted by Gasteiger charge is -2.33. The van der Waals surface area contributed by atoms with Crippen molar-refractivity contribution in [2.75, 3.05) is 0 Å². The molecule has 0 aromatic carbocycles. The van der Waals surface area contributed by atoms with Crippen LogP contribution in [-0.4, -0.2) is 31.9 Å². The number of nitrogens with one attached hydrogen (secondary N) is 1. The van der Waals surface area contributed by atoms with Crippen LogP contribution in [0.2, 0.25) is 0 Å². The molecule has 0 saturated carbocycles. The third-order valence-electron chi connectivity index (χ3n) is 3.38. The summed E-state index contributed by atoms with van der Waals surface area (Å²) in [5.74, 6) is 6.04. The number of imidazole rings is 1. The van der Waals surface area contributed by atoms with Gasteiger partial charge in [-0.1, -0.05) is 25.5 Å². The Morgan fingerprint density at radius 2 is 1.74 bits per heavy atom. The van der Waals surface area contributed by atoms with Crippen LogP contribution in [0.25, 0.3) is 0 Å². The van der Waals surface area contributed by atoms with Gasteiger partial charge in [-0.05, 0) is 51.4 Å². The van der Waals surface area contributed by atoms with Gasteiger partial charge < -0.3 is 26.9 Å². The number of nitrogens with zero attached hydrogens (tertiary/aromatic N) is 1. The Morgan fingerprint density at radius 1 is 1.17 bits per heavy atom. The summed E-state index contributed by atoms with van der Waals surface area (Å²) in [7, 11) is 0. The summed E-state index contributed by atoms with van der Waals surface area (Å²) in [5, 5.41) is 0. The molecule has 0 fully saturated rings. The molecule has 23 heavy (non-hydrogen) atoms. The number of allylic oxidation sites excluding steroid dienone is 2. The van der Waals surface area contributed by atoms with Gasteiger partial charge in [0.2, 0.25) is 0 Å². The van der Waals surface area contributed by atoms with Crippen LogP contribution in [0.15, 0.2) is 24.2 Å². The van der Waals surface area contributed by atoms with Gasteiger partial charge in [-0.3, -0.25) is 0 Å². The molecule has 0 spiro atoms. The monoisotopic (exact) mass is 330 g/mol. The van der Waals surface area contributed by atoms with Crippen LogP contribution in [0, 0.1) is 23.2 Å². The number of H-pyrrole nitrogens is 1. The quantitative estimate of drug-likeness (QED) is 0.625. The minimum absolute atomic E-state index is 0. The Morgan fingerprint density at radius 3 is 2.13 bits per heavy atom. The highest BCUT2D eigenvalue weighted by molar-refractivity contribution is 5.12. The van der Waals surface area contributed by atoms with E-state index in [4.69, 9.17) is 0 Å². The van der Waals surface area contributed by atoms with Crippen molar-refractivity contribution in [1.29, 1.82) is 0 Å². The topological polar surface area (TPSA) is 155 Å². The highest BCUT2D eigenvalue weighted by Gasteiger charge is 2.27. The number of hydrogen-bond acceptors (Lipinski definition) is 1. The van der Waals surface area contributed by atoms with Crippen molar-refractivity contribution in [2.45, 2.75) is 53.9 Å².